The molecule has 0 fully saturated rings. The first kappa shape index (κ1) is 14.7. The van der Waals surface area contributed by atoms with Gasteiger partial charge in [-0.25, -0.2) is 8.78 Å². The molecule has 0 radical (unpaired) electrons. The first-order valence-corrected chi connectivity index (χ1v) is 6.39. The highest BCUT2D eigenvalue weighted by Gasteiger charge is 2.05. The number of unbranched alkanes of at least 4 members (excludes halogenated alkanes) is 4. The molecule has 0 spiro atoms. The van der Waals surface area contributed by atoms with E-state index >= 15 is 0 Å². The van der Waals surface area contributed by atoms with Crippen molar-refractivity contribution in [1.82, 2.24) is 0 Å². The van der Waals surface area contributed by atoms with E-state index in [0.717, 1.165) is 31.2 Å². The maximum Gasteiger partial charge on any atom is 0.238 e. The third-order valence-electron chi connectivity index (χ3n) is 2.97. The summed E-state index contributed by atoms with van der Waals surface area (Å²) in [6, 6.07) is 4.93. The highest BCUT2D eigenvalue weighted by atomic mass is 19.3. The number of hydrogen-bond donors (Lipinski definition) is 2. The molecule has 0 saturated carbocycles. The second-order valence-electron chi connectivity index (χ2n) is 4.48. The zero-order chi connectivity index (χ0) is 13.4. The average molecular weight is 258 g/mol. The van der Waals surface area contributed by atoms with Crippen LogP contribution in [-0.2, 0) is 6.42 Å². The van der Waals surface area contributed by atoms with Crippen molar-refractivity contribution in [3.63, 3.8) is 0 Å². The molecule has 4 heteroatoms. The van der Waals surface area contributed by atoms with Crippen molar-refractivity contribution in [2.75, 3.05) is 0 Å². The van der Waals surface area contributed by atoms with Gasteiger partial charge in [-0.15, -0.1) is 0 Å². The quantitative estimate of drug-likeness (QED) is 0.540. The van der Waals surface area contributed by atoms with Crippen molar-refractivity contribution < 1.29 is 19.0 Å². The Labute approximate surface area is 106 Å². The highest BCUT2D eigenvalue weighted by molar-refractivity contribution is 5.44. The molecule has 1 rings (SSSR count). The summed E-state index contributed by atoms with van der Waals surface area (Å²) in [5.74, 6) is -0.139. The lowest BCUT2D eigenvalue weighted by atomic mass is 10.0. The SMILES string of the molecule is Oc1cccc(CCCCCCCC(F)F)c1O. The standard InChI is InChI=1S/C14H20F2O2/c15-13(16)10-5-3-1-2-4-7-11-8-6-9-12(17)14(11)18/h6,8-9,13,17-18H,1-5,7,10H2. The monoisotopic (exact) mass is 258 g/mol. The molecular formula is C14H20F2O2. The van der Waals surface area contributed by atoms with Gasteiger partial charge in [-0.1, -0.05) is 31.4 Å². The number of aromatic hydroxyl groups is 2. The van der Waals surface area contributed by atoms with Crippen LogP contribution in [0.2, 0.25) is 0 Å². The molecule has 0 unspecified atom stereocenters. The fourth-order valence-electron chi connectivity index (χ4n) is 1.92. The molecule has 102 valence electrons. The number of halogens is 2. The lowest BCUT2D eigenvalue weighted by molar-refractivity contribution is 0.133. The van der Waals surface area contributed by atoms with Crippen LogP contribution in [0, 0.1) is 0 Å². The second-order valence-corrected chi connectivity index (χ2v) is 4.48. The Morgan fingerprint density at radius 3 is 2.33 bits per heavy atom. The summed E-state index contributed by atoms with van der Waals surface area (Å²) in [6.07, 6.45) is 2.71. The van der Waals surface area contributed by atoms with E-state index < -0.39 is 6.43 Å². The Bertz CT molecular complexity index is 354. The van der Waals surface area contributed by atoms with Crippen molar-refractivity contribution in [3.8, 4) is 11.5 Å². The van der Waals surface area contributed by atoms with E-state index in [-0.39, 0.29) is 17.9 Å². The predicted octanol–water partition coefficient (Wildman–Crippen LogP) is 4.25. The van der Waals surface area contributed by atoms with Crippen LogP contribution in [0.25, 0.3) is 0 Å². The Hall–Kier alpha value is -1.32. The topological polar surface area (TPSA) is 40.5 Å². The molecule has 2 N–H and O–H groups in total. The molecule has 0 aliphatic heterocycles. The second kappa shape index (κ2) is 7.90. The van der Waals surface area contributed by atoms with Gasteiger partial charge in [0.1, 0.15) is 0 Å². The lowest BCUT2D eigenvalue weighted by Crippen LogP contribution is -1.90. The molecule has 0 atom stereocenters. The summed E-state index contributed by atoms with van der Waals surface area (Å²) in [4.78, 5) is 0. The van der Waals surface area contributed by atoms with Gasteiger partial charge in [0.2, 0.25) is 6.43 Å². The van der Waals surface area contributed by atoms with Crippen molar-refractivity contribution in [2.24, 2.45) is 0 Å². The van der Waals surface area contributed by atoms with Gasteiger partial charge in [0.15, 0.2) is 11.5 Å². The van der Waals surface area contributed by atoms with Gasteiger partial charge in [0.25, 0.3) is 0 Å². The van der Waals surface area contributed by atoms with Crippen LogP contribution >= 0.6 is 0 Å². The third-order valence-corrected chi connectivity index (χ3v) is 2.97. The zero-order valence-corrected chi connectivity index (χ0v) is 10.4. The van der Waals surface area contributed by atoms with E-state index in [1.165, 1.54) is 6.07 Å². The van der Waals surface area contributed by atoms with E-state index in [2.05, 4.69) is 0 Å². The average Bonchev–Trinajstić information content (AvgIpc) is 2.32. The minimum absolute atomic E-state index is 0.00660. The normalized spacial score (nSPS) is 11.1. The first-order valence-electron chi connectivity index (χ1n) is 6.39. The van der Waals surface area contributed by atoms with Crippen LogP contribution in [0.3, 0.4) is 0 Å². The van der Waals surface area contributed by atoms with E-state index in [9.17, 15) is 19.0 Å². The molecule has 1 aromatic rings. The first-order chi connectivity index (χ1) is 8.61. The number of alkyl halides is 2. The van der Waals surface area contributed by atoms with Crippen LogP contribution in [0.4, 0.5) is 8.78 Å². The van der Waals surface area contributed by atoms with Gasteiger partial charge < -0.3 is 10.2 Å². The Balaban J connectivity index is 2.13. The molecule has 0 amide bonds. The van der Waals surface area contributed by atoms with Crippen LogP contribution in [-0.4, -0.2) is 16.6 Å². The van der Waals surface area contributed by atoms with Crippen molar-refractivity contribution in [2.45, 2.75) is 51.4 Å². The summed E-state index contributed by atoms with van der Waals surface area (Å²) in [6.45, 7) is 0. The molecule has 1 aromatic carbocycles. The molecule has 2 nitrogen and oxygen atoms in total. The minimum atomic E-state index is -2.19. The molecule has 0 bridgehead atoms. The fraction of sp³-hybridized carbons (Fsp3) is 0.571. The molecule has 18 heavy (non-hydrogen) atoms. The number of para-hydroxylation sites is 1. The molecule has 0 saturated heterocycles. The Kier molecular flexibility index (Phi) is 6.47. The molecule has 0 heterocycles. The van der Waals surface area contributed by atoms with Crippen molar-refractivity contribution in [1.29, 1.82) is 0 Å². The third kappa shape index (κ3) is 5.34. The summed E-state index contributed by atoms with van der Waals surface area (Å²) in [7, 11) is 0. The van der Waals surface area contributed by atoms with Gasteiger partial charge in [0, 0.05) is 6.42 Å². The maximum absolute atomic E-state index is 11.9. The number of hydrogen-bond acceptors (Lipinski definition) is 2. The van der Waals surface area contributed by atoms with E-state index in [0.29, 0.717) is 12.8 Å². The Morgan fingerprint density at radius 1 is 0.944 bits per heavy atom. The van der Waals surface area contributed by atoms with Gasteiger partial charge >= 0.3 is 0 Å². The van der Waals surface area contributed by atoms with Crippen molar-refractivity contribution in [3.05, 3.63) is 23.8 Å². The van der Waals surface area contributed by atoms with E-state index in [4.69, 9.17) is 0 Å². The predicted molar refractivity (Wildman–Crippen MR) is 67.2 cm³/mol. The minimum Gasteiger partial charge on any atom is -0.504 e. The maximum atomic E-state index is 11.9. The fourth-order valence-corrected chi connectivity index (χ4v) is 1.92. The number of benzene rings is 1. The smallest absolute Gasteiger partial charge is 0.238 e. The van der Waals surface area contributed by atoms with Crippen molar-refractivity contribution >= 4 is 0 Å². The largest absolute Gasteiger partial charge is 0.504 e. The van der Waals surface area contributed by atoms with Crippen LogP contribution in [0.15, 0.2) is 18.2 Å². The highest BCUT2D eigenvalue weighted by Crippen LogP contribution is 2.29. The van der Waals surface area contributed by atoms with Crippen LogP contribution in [0.5, 0.6) is 11.5 Å². The summed E-state index contributed by atoms with van der Waals surface area (Å²) >= 11 is 0. The van der Waals surface area contributed by atoms with Gasteiger partial charge in [-0.2, -0.15) is 0 Å². The molecule has 0 aliphatic carbocycles. The molecule has 0 aromatic heterocycles. The zero-order valence-electron chi connectivity index (χ0n) is 10.4. The number of aryl methyl sites for hydroxylation is 1. The summed E-state index contributed by atoms with van der Waals surface area (Å²) in [5.41, 5.74) is 0.739. The molecular weight excluding hydrogens is 238 g/mol. The summed E-state index contributed by atoms with van der Waals surface area (Å²) in [5, 5.41) is 18.9. The van der Waals surface area contributed by atoms with Crippen LogP contribution < -0.4 is 0 Å². The Morgan fingerprint density at radius 2 is 1.61 bits per heavy atom. The van der Waals surface area contributed by atoms with Gasteiger partial charge in [0.05, 0.1) is 0 Å². The van der Waals surface area contributed by atoms with Crippen LogP contribution in [0.1, 0.15) is 44.1 Å². The number of rotatable bonds is 8. The number of phenols is 2. The number of phenolic OH excluding ortho intramolecular Hbond substituents is 2. The van der Waals surface area contributed by atoms with E-state index in [1.54, 1.807) is 12.1 Å². The summed E-state index contributed by atoms with van der Waals surface area (Å²) < 4.78 is 23.7. The van der Waals surface area contributed by atoms with E-state index in [1.807, 2.05) is 0 Å². The van der Waals surface area contributed by atoms with Gasteiger partial charge in [-0.05, 0) is 30.9 Å². The lowest BCUT2D eigenvalue weighted by Gasteiger charge is -2.06. The molecule has 0 aliphatic rings. The van der Waals surface area contributed by atoms with Gasteiger partial charge in [-0.3, -0.25) is 0 Å².